The monoisotopic (exact) mass is 475 g/mol. The van der Waals surface area contributed by atoms with Gasteiger partial charge in [-0.25, -0.2) is 0 Å². The lowest BCUT2D eigenvalue weighted by Crippen LogP contribution is -2.49. The lowest BCUT2D eigenvalue weighted by atomic mass is 9.99. The summed E-state index contributed by atoms with van der Waals surface area (Å²) < 4.78 is 5.38. The maximum Gasteiger partial charge on any atom is 0.277 e. The number of amides is 2. The van der Waals surface area contributed by atoms with Crippen molar-refractivity contribution in [1.82, 2.24) is 16.2 Å². The van der Waals surface area contributed by atoms with Gasteiger partial charge in [-0.1, -0.05) is 26.0 Å². The minimum absolute atomic E-state index is 0.330. The summed E-state index contributed by atoms with van der Waals surface area (Å²) in [6.07, 6.45) is 1.00. The first kappa shape index (κ1) is 25.1. The van der Waals surface area contributed by atoms with Gasteiger partial charge in [0.15, 0.2) is 11.7 Å². The molecule has 2 aromatic rings. The van der Waals surface area contributed by atoms with Crippen LogP contribution in [-0.4, -0.2) is 33.4 Å². The number of hydrogen-bond acceptors (Lipinski definition) is 8. The minimum atomic E-state index is -0.939. The molecule has 0 aliphatic heterocycles. The number of nitro groups is 2. The molecule has 0 radical (unpaired) electrons. The predicted molar refractivity (Wildman–Crippen MR) is 122 cm³/mol. The van der Waals surface area contributed by atoms with Gasteiger partial charge in [-0.3, -0.25) is 46.0 Å². The number of thiocarbonyl (C=S) groups is 1. The van der Waals surface area contributed by atoms with Gasteiger partial charge in [-0.2, -0.15) is 0 Å². The van der Waals surface area contributed by atoms with Crippen molar-refractivity contribution in [2.45, 2.75) is 26.2 Å². The third-order valence-corrected chi connectivity index (χ3v) is 4.76. The number of hydrazine groups is 1. The van der Waals surface area contributed by atoms with Crippen LogP contribution in [0.15, 0.2) is 42.5 Å². The van der Waals surface area contributed by atoms with Gasteiger partial charge in [0, 0.05) is 12.1 Å². The van der Waals surface area contributed by atoms with Crippen LogP contribution in [0.3, 0.4) is 0 Å². The van der Waals surface area contributed by atoms with Crippen molar-refractivity contribution in [3.05, 3.63) is 73.8 Å². The zero-order valence-electron chi connectivity index (χ0n) is 17.7. The molecule has 0 aliphatic carbocycles. The molecule has 3 N–H and O–H groups in total. The summed E-state index contributed by atoms with van der Waals surface area (Å²) >= 11 is 4.88. The summed E-state index contributed by atoms with van der Waals surface area (Å²) in [4.78, 5) is 44.3. The summed E-state index contributed by atoms with van der Waals surface area (Å²) in [6, 6.07) is 9.81. The lowest BCUT2D eigenvalue weighted by Gasteiger charge is -2.12. The number of carbonyl (C=O) groups is 2. The van der Waals surface area contributed by atoms with E-state index in [2.05, 4.69) is 30.0 Å². The van der Waals surface area contributed by atoms with Gasteiger partial charge in [0.1, 0.15) is 5.75 Å². The van der Waals surface area contributed by atoms with Gasteiger partial charge in [-0.05, 0) is 42.3 Å². The SMILES string of the molecule is CCC(C)c1ccc(OCC(=O)NNC(=S)NC(=O)c2cc([N+](=O)[O-])cc([N+](=O)[O-])c2)cc1. The number of nitrogens with one attached hydrogen (secondary N) is 3. The Balaban J connectivity index is 1.86. The van der Waals surface area contributed by atoms with E-state index in [1.54, 1.807) is 12.1 Å². The Hall–Kier alpha value is -4.13. The number of rotatable bonds is 8. The molecule has 2 aromatic carbocycles. The van der Waals surface area contributed by atoms with Gasteiger partial charge >= 0.3 is 0 Å². The summed E-state index contributed by atoms with van der Waals surface area (Å²) in [7, 11) is 0. The molecule has 0 saturated carbocycles. The van der Waals surface area contributed by atoms with E-state index < -0.39 is 33.0 Å². The van der Waals surface area contributed by atoms with Crippen LogP contribution in [0, 0.1) is 20.2 Å². The van der Waals surface area contributed by atoms with E-state index >= 15 is 0 Å². The van der Waals surface area contributed by atoms with E-state index in [9.17, 15) is 29.8 Å². The molecule has 2 rings (SSSR count). The highest BCUT2D eigenvalue weighted by Crippen LogP contribution is 2.23. The fourth-order valence-corrected chi connectivity index (χ4v) is 2.73. The summed E-state index contributed by atoms with van der Waals surface area (Å²) in [5.74, 6) is -0.619. The predicted octanol–water partition coefficient (Wildman–Crippen LogP) is 2.73. The van der Waals surface area contributed by atoms with Crippen LogP contribution in [0.25, 0.3) is 0 Å². The van der Waals surface area contributed by atoms with Gasteiger partial charge in [0.05, 0.1) is 21.5 Å². The Bertz CT molecular complexity index is 1040. The Kier molecular flexibility index (Phi) is 8.74. The van der Waals surface area contributed by atoms with Crippen LogP contribution >= 0.6 is 12.2 Å². The van der Waals surface area contributed by atoms with Crippen LogP contribution in [0.4, 0.5) is 11.4 Å². The molecule has 1 unspecified atom stereocenters. The van der Waals surface area contributed by atoms with Crippen LogP contribution in [0.5, 0.6) is 5.75 Å². The second-order valence-electron chi connectivity index (χ2n) is 6.88. The van der Waals surface area contributed by atoms with Crippen LogP contribution < -0.4 is 20.9 Å². The molecule has 0 spiro atoms. The standard InChI is InChI=1S/C20H21N5O7S/c1-3-12(2)13-4-6-17(7-5-13)32-11-18(26)22-23-20(33)21-19(27)14-8-15(24(28)29)10-16(9-14)25(30)31/h4-10,12H,3,11H2,1-2H3,(H,22,26)(H2,21,23,27,33). The fourth-order valence-electron chi connectivity index (χ4n) is 2.58. The van der Waals surface area contributed by atoms with Gasteiger partial charge < -0.3 is 4.74 Å². The van der Waals surface area contributed by atoms with E-state index in [0.717, 1.165) is 30.2 Å². The van der Waals surface area contributed by atoms with E-state index in [4.69, 9.17) is 17.0 Å². The maximum absolute atomic E-state index is 12.2. The zero-order valence-corrected chi connectivity index (χ0v) is 18.5. The highest BCUT2D eigenvalue weighted by Gasteiger charge is 2.20. The van der Waals surface area contributed by atoms with Crippen molar-refractivity contribution in [3.63, 3.8) is 0 Å². The van der Waals surface area contributed by atoms with Gasteiger partial charge in [0.25, 0.3) is 23.2 Å². The molecule has 0 aliphatic rings. The maximum atomic E-state index is 12.2. The number of nitrogens with zero attached hydrogens (tertiary/aromatic N) is 2. The van der Waals surface area contributed by atoms with E-state index in [1.807, 2.05) is 12.1 Å². The normalized spacial score (nSPS) is 11.1. The molecular weight excluding hydrogens is 454 g/mol. The van der Waals surface area contributed by atoms with Crippen LogP contribution in [0.2, 0.25) is 0 Å². The molecule has 13 heteroatoms. The molecule has 0 aromatic heterocycles. The van der Waals surface area contributed by atoms with Crippen molar-refractivity contribution < 1.29 is 24.2 Å². The molecule has 1 atom stereocenters. The number of carbonyl (C=O) groups excluding carboxylic acids is 2. The minimum Gasteiger partial charge on any atom is -0.484 e. The molecule has 0 fully saturated rings. The Morgan fingerprint density at radius 3 is 2.12 bits per heavy atom. The Morgan fingerprint density at radius 1 is 1.03 bits per heavy atom. The number of ether oxygens (including phenoxy) is 1. The number of non-ortho nitro benzene ring substituents is 2. The summed E-state index contributed by atoms with van der Waals surface area (Å²) in [6.45, 7) is 3.87. The highest BCUT2D eigenvalue weighted by atomic mass is 32.1. The largest absolute Gasteiger partial charge is 0.484 e. The Morgan fingerprint density at radius 2 is 1.61 bits per heavy atom. The second kappa shape index (κ2) is 11.5. The van der Waals surface area contributed by atoms with Crippen LogP contribution in [0.1, 0.15) is 42.1 Å². The average molecular weight is 475 g/mol. The van der Waals surface area contributed by atoms with Crippen molar-refractivity contribution in [3.8, 4) is 5.75 Å². The van der Waals surface area contributed by atoms with E-state index in [0.29, 0.717) is 11.7 Å². The lowest BCUT2D eigenvalue weighted by molar-refractivity contribution is -0.394. The topological polar surface area (TPSA) is 166 Å². The molecule has 2 amide bonds. The molecular formula is C20H21N5O7S. The molecule has 12 nitrogen and oxygen atoms in total. The number of hydrogen-bond donors (Lipinski definition) is 3. The third kappa shape index (κ3) is 7.50. The fraction of sp³-hybridized carbons (Fsp3) is 0.250. The van der Waals surface area contributed by atoms with Crippen molar-refractivity contribution in [1.29, 1.82) is 0 Å². The molecule has 0 heterocycles. The first-order valence-electron chi connectivity index (χ1n) is 9.67. The third-order valence-electron chi connectivity index (χ3n) is 4.56. The van der Waals surface area contributed by atoms with Gasteiger partial charge in [-0.15, -0.1) is 0 Å². The Labute approximate surface area is 193 Å². The zero-order chi connectivity index (χ0) is 24.5. The van der Waals surface area contributed by atoms with Crippen molar-refractivity contribution in [2.24, 2.45) is 0 Å². The van der Waals surface area contributed by atoms with Crippen LogP contribution in [-0.2, 0) is 4.79 Å². The smallest absolute Gasteiger partial charge is 0.277 e. The molecule has 0 bridgehead atoms. The molecule has 174 valence electrons. The average Bonchev–Trinajstić information content (AvgIpc) is 2.80. The first-order valence-corrected chi connectivity index (χ1v) is 10.1. The second-order valence-corrected chi connectivity index (χ2v) is 7.28. The van der Waals surface area contributed by atoms with Crippen molar-refractivity contribution in [2.75, 3.05) is 6.61 Å². The van der Waals surface area contributed by atoms with E-state index in [-0.39, 0.29) is 17.3 Å². The summed E-state index contributed by atoms with van der Waals surface area (Å²) in [5, 5.41) is 23.7. The first-order chi connectivity index (χ1) is 15.6. The molecule has 0 saturated heterocycles. The van der Waals surface area contributed by atoms with Gasteiger partial charge in [0.2, 0.25) is 0 Å². The molecule has 33 heavy (non-hydrogen) atoms. The highest BCUT2D eigenvalue weighted by molar-refractivity contribution is 7.80. The number of benzene rings is 2. The summed E-state index contributed by atoms with van der Waals surface area (Å²) in [5.41, 5.74) is 4.05. The van der Waals surface area contributed by atoms with E-state index in [1.165, 1.54) is 0 Å². The quantitative estimate of drug-likeness (QED) is 0.295. The number of nitro benzene ring substituents is 2. The van der Waals surface area contributed by atoms with Crippen molar-refractivity contribution >= 4 is 40.5 Å².